The first-order valence-corrected chi connectivity index (χ1v) is 10.1. The number of furan rings is 1. The number of nitrogens with zero attached hydrogens (tertiary/aromatic N) is 2. The first-order valence-electron chi connectivity index (χ1n) is 10.1. The van der Waals surface area contributed by atoms with Crippen LogP contribution in [0.5, 0.6) is 0 Å². The lowest BCUT2D eigenvalue weighted by atomic mass is 9.67. The Kier molecular flexibility index (Phi) is 9.92. The molecule has 27 heavy (non-hydrogen) atoms. The molecule has 0 aromatic carbocycles. The molecular formula is C20H35IN4O2. The van der Waals surface area contributed by atoms with Gasteiger partial charge in [0.15, 0.2) is 5.96 Å². The van der Waals surface area contributed by atoms with Crippen molar-refractivity contribution in [2.75, 3.05) is 52.5 Å². The number of aliphatic imine (C=N–C) groups is 1. The molecule has 2 fully saturated rings. The normalized spacial score (nSPS) is 19.8. The molecule has 0 bridgehead atoms. The minimum absolute atomic E-state index is 0. The van der Waals surface area contributed by atoms with Gasteiger partial charge < -0.3 is 19.8 Å². The lowest BCUT2D eigenvalue weighted by molar-refractivity contribution is 0.0389. The third-order valence-corrected chi connectivity index (χ3v) is 5.80. The number of halogens is 1. The van der Waals surface area contributed by atoms with Crippen molar-refractivity contribution in [1.29, 1.82) is 0 Å². The highest BCUT2D eigenvalue weighted by atomic mass is 127. The van der Waals surface area contributed by atoms with E-state index in [4.69, 9.17) is 14.1 Å². The molecule has 2 heterocycles. The Morgan fingerprint density at radius 1 is 1.22 bits per heavy atom. The Hall–Kier alpha value is -0.800. The topological polar surface area (TPSA) is 62.0 Å². The Morgan fingerprint density at radius 3 is 2.63 bits per heavy atom. The van der Waals surface area contributed by atoms with E-state index in [9.17, 15) is 0 Å². The van der Waals surface area contributed by atoms with E-state index >= 15 is 0 Å². The van der Waals surface area contributed by atoms with Gasteiger partial charge in [0.1, 0.15) is 5.76 Å². The summed E-state index contributed by atoms with van der Waals surface area (Å²) in [6.45, 7) is 9.74. The molecule has 154 valence electrons. The number of nitrogens with one attached hydrogen (secondary N) is 2. The Labute approximate surface area is 180 Å². The van der Waals surface area contributed by atoms with Gasteiger partial charge in [-0.25, -0.2) is 0 Å². The van der Waals surface area contributed by atoms with Gasteiger partial charge in [0.2, 0.25) is 0 Å². The molecule has 1 aromatic heterocycles. The summed E-state index contributed by atoms with van der Waals surface area (Å²) in [5.74, 6) is 1.94. The summed E-state index contributed by atoms with van der Waals surface area (Å²) in [5.41, 5.74) is 0.444. The maximum Gasteiger partial charge on any atom is 0.191 e. The van der Waals surface area contributed by atoms with Crippen LogP contribution in [-0.2, 0) is 11.2 Å². The van der Waals surface area contributed by atoms with Gasteiger partial charge >= 0.3 is 0 Å². The Balaban J connectivity index is 0.00000261. The van der Waals surface area contributed by atoms with E-state index in [0.29, 0.717) is 5.41 Å². The van der Waals surface area contributed by atoms with E-state index in [0.717, 1.165) is 70.6 Å². The van der Waals surface area contributed by atoms with Crippen molar-refractivity contribution in [2.45, 2.75) is 39.0 Å². The molecule has 2 aliphatic rings. The quantitative estimate of drug-likeness (QED) is 0.317. The first-order chi connectivity index (χ1) is 12.8. The Morgan fingerprint density at radius 2 is 2.00 bits per heavy atom. The summed E-state index contributed by atoms with van der Waals surface area (Å²) in [5, 5.41) is 6.99. The fourth-order valence-corrected chi connectivity index (χ4v) is 3.64. The predicted molar refractivity (Wildman–Crippen MR) is 120 cm³/mol. The standard InChI is InChI=1S/C20H34N4O2.HI/c1-2-20(7-4-8-20)17-23-19(21-9-6-18-5-3-14-26-18)22-10-11-24-12-15-25-16-13-24;/h3,5,14H,2,4,6-13,15-17H2,1H3,(H2,21,22,23);1H. The lowest BCUT2D eigenvalue weighted by Crippen LogP contribution is -2.45. The van der Waals surface area contributed by atoms with Crippen LogP contribution in [-0.4, -0.2) is 63.3 Å². The number of guanidine groups is 1. The van der Waals surface area contributed by atoms with Gasteiger partial charge in [0, 0.05) is 45.7 Å². The first kappa shape index (κ1) is 22.5. The monoisotopic (exact) mass is 490 g/mol. The molecule has 3 rings (SSSR count). The van der Waals surface area contributed by atoms with Gasteiger partial charge in [-0.3, -0.25) is 9.89 Å². The molecule has 1 saturated heterocycles. The third-order valence-electron chi connectivity index (χ3n) is 5.80. The fraction of sp³-hybridized carbons (Fsp3) is 0.750. The maximum absolute atomic E-state index is 5.42. The van der Waals surface area contributed by atoms with Gasteiger partial charge in [0.25, 0.3) is 0 Å². The number of ether oxygens (including phenoxy) is 1. The van der Waals surface area contributed by atoms with Crippen LogP contribution in [0.2, 0.25) is 0 Å². The largest absolute Gasteiger partial charge is 0.469 e. The number of morpholine rings is 1. The molecule has 1 aliphatic carbocycles. The molecule has 6 nitrogen and oxygen atoms in total. The van der Waals surface area contributed by atoms with Gasteiger partial charge in [0.05, 0.1) is 19.5 Å². The van der Waals surface area contributed by atoms with E-state index in [1.165, 1.54) is 25.7 Å². The second kappa shape index (κ2) is 11.9. The zero-order valence-electron chi connectivity index (χ0n) is 16.5. The highest BCUT2D eigenvalue weighted by molar-refractivity contribution is 14.0. The summed E-state index contributed by atoms with van der Waals surface area (Å²) in [6.07, 6.45) is 7.82. The minimum atomic E-state index is 0. The second-order valence-corrected chi connectivity index (χ2v) is 7.51. The van der Waals surface area contributed by atoms with E-state index in [1.807, 2.05) is 12.1 Å². The van der Waals surface area contributed by atoms with Crippen molar-refractivity contribution in [1.82, 2.24) is 15.5 Å². The van der Waals surface area contributed by atoms with Crippen molar-refractivity contribution in [2.24, 2.45) is 10.4 Å². The number of hydrogen-bond acceptors (Lipinski definition) is 4. The van der Waals surface area contributed by atoms with Crippen LogP contribution < -0.4 is 10.6 Å². The molecule has 0 amide bonds. The van der Waals surface area contributed by atoms with Gasteiger partial charge in [-0.05, 0) is 36.8 Å². The smallest absolute Gasteiger partial charge is 0.191 e. The second-order valence-electron chi connectivity index (χ2n) is 7.51. The minimum Gasteiger partial charge on any atom is -0.469 e. The fourth-order valence-electron chi connectivity index (χ4n) is 3.64. The van der Waals surface area contributed by atoms with Crippen molar-refractivity contribution >= 4 is 29.9 Å². The molecule has 7 heteroatoms. The lowest BCUT2D eigenvalue weighted by Gasteiger charge is -2.40. The predicted octanol–water partition coefficient (Wildman–Crippen LogP) is 2.89. The third kappa shape index (κ3) is 7.27. The van der Waals surface area contributed by atoms with Crippen LogP contribution >= 0.6 is 24.0 Å². The van der Waals surface area contributed by atoms with Crippen molar-refractivity contribution in [3.05, 3.63) is 24.2 Å². The Bertz CT molecular complexity index is 535. The number of rotatable bonds is 9. The average Bonchev–Trinajstić information content (AvgIpc) is 3.15. The molecule has 0 atom stereocenters. The summed E-state index contributed by atoms with van der Waals surface area (Å²) >= 11 is 0. The van der Waals surface area contributed by atoms with Crippen molar-refractivity contribution in [3.63, 3.8) is 0 Å². The van der Waals surface area contributed by atoms with Crippen LogP contribution in [0.15, 0.2) is 27.8 Å². The molecule has 2 N–H and O–H groups in total. The van der Waals surface area contributed by atoms with Gasteiger partial charge in [-0.2, -0.15) is 0 Å². The zero-order chi connectivity index (χ0) is 18.1. The van der Waals surface area contributed by atoms with Gasteiger partial charge in [-0.1, -0.05) is 13.3 Å². The van der Waals surface area contributed by atoms with Crippen LogP contribution in [0, 0.1) is 5.41 Å². The van der Waals surface area contributed by atoms with E-state index in [2.05, 4.69) is 22.5 Å². The van der Waals surface area contributed by atoms with E-state index in [1.54, 1.807) is 6.26 Å². The van der Waals surface area contributed by atoms with E-state index in [-0.39, 0.29) is 24.0 Å². The summed E-state index contributed by atoms with van der Waals surface area (Å²) in [4.78, 5) is 7.35. The zero-order valence-corrected chi connectivity index (χ0v) is 18.9. The molecule has 1 aliphatic heterocycles. The highest BCUT2D eigenvalue weighted by Crippen LogP contribution is 2.43. The molecule has 0 spiro atoms. The SMILES string of the molecule is CCC1(CN=C(NCCc2ccco2)NCCN2CCOCC2)CCC1.I. The van der Waals surface area contributed by atoms with Crippen LogP contribution in [0.1, 0.15) is 38.4 Å². The summed E-state index contributed by atoms with van der Waals surface area (Å²) in [7, 11) is 0. The van der Waals surface area contributed by atoms with E-state index < -0.39 is 0 Å². The summed E-state index contributed by atoms with van der Waals surface area (Å²) < 4.78 is 10.8. The molecule has 1 aromatic rings. The van der Waals surface area contributed by atoms with Crippen molar-refractivity contribution in [3.8, 4) is 0 Å². The molecular weight excluding hydrogens is 455 g/mol. The van der Waals surface area contributed by atoms with Crippen molar-refractivity contribution < 1.29 is 9.15 Å². The molecule has 1 saturated carbocycles. The summed E-state index contributed by atoms with van der Waals surface area (Å²) in [6, 6.07) is 3.96. The van der Waals surface area contributed by atoms with Gasteiger partial charge in [-0.15, -0.1) is 24.0 Å². The number of hydrogen-bond donors (Lipinski definition) is 2. The maximum atomic E-state index is 5.42. The molecule has 0 unspecified atom stereocenters. The molecule has 0 radical (unpaired) electrons. The van der Waals surface area contributed by atoms with Crippen LogP contribution in [0.25, 0.3) is 0 Å². The van der Waals surface area contributed by atoms with Crippen LogP contribution in [0.3, 0.4) is 0 Å². The van der Waals surface area contributed by atoms with Crippen LogP contribution in [0.4, 0.5) is 0 Å². The highest BCUT2D eigenvalue weighted by Gasteiger charge is 2.34. The average molecular weight is 490 g/mol.